The summed E-state index contributed by atoms with van der Waals surface area (Å²) in [5, 5.41) is 3.73. The molecule has 15 heavy (non-hydrogen) atoms. The lowest BCUT2D eigenvalue weighted by Crippen LogP contribution is -2.29. The first-order valence-electron chi connectivity index (χ1n) is 5.20. The zero-order valence-electron chi connectivity index (χ0n) is 8.91. The number of rotatable bonds is 6. The zero-order chi connectivity index (χ0) is 11.1. The normalized spacial score (nSPS) is 12.5. The maximum atomic E-state index is 5.69. The Labute approximate surface area is 95.3 Å². The molecular weight excluding hydrogens is 212 g/mol. The van der Waals surface area contributed by atoms with Crippen LogP contribution in [0.15, 0.2) is 12.4 Å². The molecule has 84 valence electrons. The molecule has 4 nitrogen and oxygen atoms in total. The molecule has 1 rings (SSSR count). The van der Waals surface area contributed by atoms with Crippen LogP contribution in [0.25, 0.3) is 0 Å². The summed E-state index contributed by atoms with van der Waals surface area (Å²) >= 11 is 5.69. The van der Waals surface area contributed by atoms with Crippen molar-refractivity contribution in [3.05, 3.63) is 17.4 Å². The van der Waals surface area contributed by atoms with E-state index in [1.807, 2.05) is 0 Å². The summed E-state index contributed by atoms with van der Waals surface area (Å²) in [5.74, 6) is 0.589. The SMILES string of the molecule is CCCCC(CN)Nc1ncc(Cl)cn1. The van der Waals surface area contributed by atoms with E-state index in [1.165, 1.54) is 6.42 Å². The minimum Gasteiger partial charge on any atom is -0.350 e. The topological polar surface area (TPSA) is 63.8 Å². The van der Waals surface area contributed by atoms with Crippen molar-refractivity contribution < 1.29 is 0 Å². The Kier molecular flexibility index (Phi) is 5.36. The van der Waals surface area contributed by atoms with Gasteiger partial charge in [-0.2, -0.15) is 0 Å². The predicted molar refractivity (Wildman–Crippen MR) is 63.0 cm³/mol. The lowest BCUT2D eigenvalue weighted by molar-refractivity contribution is 0.610. The number of hydrogen-bond donors (Lipinski definition) is 2. The van der Waals surface area contributed by atoms with Gasteiger partial charge < -0.3 is 11.1 Å². The van der Waals surface area contributed by atoms with E-state index in [0.29, 0.717) is 17.5 Å². The van der Waals surface area contributed by atoms with Crippen LogP contribution < -0.4 is 11.1 Å². The van der Waals surface area contributed by atoms with E-state index in [4.69, 9.17) is 17.3 Å². The summed E-state index contributed by atoms with van der Waals surface area (Å²) in [4.78, 5) is 8.13. The molecule has 5 heteroatoms. The first-order valence-corrected chi connectivity index (χ1v) is 5.58. The Morgan fingerprint density at radius 3 is 2.67 bits per heavy atom. The number of halogens is 1. The van der Waals surface area contributed by atoms with Crippen molar-refractivity contribution >= 4 is 17.5 Å². The number of aromatic nitrogens is 2. The Hall–Kier alpha value is -0.870. The Morgan fingerprint density at radius 2 is 2.13 bits per heavy atom. The Bertz CT molecular complexity index is 275. The van der Waals surface area contributed by atoms with Crippen molar-refractivity contribution in [1.82, 2.24) is 9.97 Å². The van der Waals surface area contributed by atoms with Crippen molar-refractivity contribution in [2.24, 2.45) is 5.73 Å². The maximum absolute atomic E-state index is 5.69. The fourth-order valence-corrected chi connectivity index (χ4v) is 1.37. The number of nitrogens with one attached hydrogen (secondary N) is 1. The summed E-state index contributed by atoms with van der Waals surface area (Å²) in [6, 6.07) is 0.242. The van der Waals surface area contributed by atoms with Gasteiger partial charge in [-0.05, 0) is 6.42 Å². The second kappa shape index (κ2) is 6.58. The molecule has 1 heterocycles. The molecular formula is C10H17ClN4. The monoisotopic (exact) mass is 228 g/mol. The van der Waals surface area contributed by atoms with Gasteiger partial charge >= 0.3 is 0 Å². The second-order valence-electron chi connectivity index (χ2n) is 3.44. The number of nitrogens with two attached hydrogens (primary N) is 1. The predicted octanol–water partition coefficient (Wildman–Crippen LogP) is 2.06. The number of anilines is 1. The van der Waals surface area contributed by atoms with Crippen LogP contribution in [0.3, 0.4) is 0 Å². The fraction of sp³-hybridized carbons (Fsp3) is 0.600. The van der Waals surface area contributed by atoms with Crippen LogP contribution in [0.2, 0.25) is 5.02 Å². The van der Waals surface area contributed by atoms with Gasteiger partial charge in [-0.1, -0.05) is 31.4 Å². The highest BCUT2D eigenvalue weighted by molar-refractivity contribution is 6.30. The third-order valence-electron chi connectivity index (χ3n) is 2.14. The summed E-state index contributed by atoms with van der Waals surface area (Å²) in [6.07, 6.45) is 6.51. The van der Waals surface area contributed by atoms with Gasteiger partial charge in [-0.15, -0.1) is 0 Å². The molecule has 0 aliphatic heterocycles. The zero-order valence-corrected chi connectivity index (χ0v) is 9.67. The molecule has 0 amide bonds. The van der Waals surface area contributed by atoms with Gasteiger partial charge in [0.05, 0.1) is 17.4 Å². The van der Waals surface area contributed by atoms with Crippen molar-refractivity contribution in [2.75, 3.05) is 11.9 Å². The average Bonchev–Trinajstić information content (AvgIpc) is 2.27. The minimum atomic E-state index is 0.242. The van der Waals surface area contributed by atoms with E-state index in [1.54, 1.807) is 12.4 Å². The highest BCUT2D eigenvalue weighted by Gasteiger charge is 2.06. The molecule has 0 aliphatic rings. The molecule has 1 aromatic rings. The lowest BCUT2D eigenvalue weighted by Gasteiger charge is -2.15. The van der Waals surface area contributed by atoms with Crippen LogP contribution in [-0.2, 0) is 0 Å². The molecule has 1 atom stereocenters. The largest absolute Gasteiger partial charge is 0.350 e. The van der Waals surface area contributed by atoms with E-state index in [9.17, 15) is 0 Å². The van der Waals surface area contributed by atoms with Gasteiger partial charge in [-0.3, -0.25) is 0 Å². The first kappa shape index (κ1) is 12.2. The maximum Gasteiger partial charge on any atom is 0.222 e. The minimum absolute atomic E-state index is 0.242. The fourth-order valence-electron chi connectivity index (χ4n) is 1.27. The Morgan fingerprint density at radius 1 is 1.47 bits per heavy atom. The van der Waals surface area contributed by atoms with Gasteiger partial charge in [0, 0.05) is 12.6 Å². The van der Waals surface area contributed by atoms with Crippen molar-refractivity contribution in [2.45, 2.75) is 32.2 Å². The highest BCUT2D eigenvalue weighted by Crippen LogP contribution is 2.08. The molecule has 0 saturated carbocycles. The summed E-state index contributed by atoms with van der Waals surface area (Å²) < 4.78 is 0. The van der Waals surface area contributed by atoms with Crippen LogP contribution in [0.1, 0.15) is 26.2 Å². The molecule has 1 unspecified atom stereocenters. The molecule has 0 spiro atoms. The van der Waals surface area contributed by atoms with Crippen LogP contribution in [0.4, 0.5) is 5.95 Å². The van der Waals surface area contributed by atoms with Gasteiger partial charge in [0.2, 0.25) is 5.95 Å². The Balaban J connectivity index is 2.47. The van der Waals surface area contributed by atoms with E-state index < -0.39 is 0 Å². The van der Waals surface area contributed by atoms with E-state index in [2.05, 4.69) is 22.2 Å². The van der Waals surface area contributed by atoms with Gasteiger partial charge in [0.25, 0.3) is 0 Å². The number of unbranched alkanes of at least 4 members (excludes halogenated alkanes) is 1. The van der Waals surface area contributed by atoms with Crippen LogP contribution >= 0.6 is 11.6 Å². The van der Waals surface area contributed by atoms with Crippen LogP contribution in [0, 0.1) is 0 Å². The standard InChI is InChI=1S/C10H17ClN4/c1-2-3-4-9(5-12)15-10-13-6-8(11)7-14-10/h6-7,9H,2-5,12H2,1H3,(H,13,14,15). The quantitative estimate of drug-likeness (QED) is 0.783. The second-order valence-corrected chi connectivity index (χ2v) is 3.88. The third kappa shape index (κ3) is 4.44. The van der Waals surface area contributed by atoms with Crippen molar-refractivity contribution in [1.29, 1.82) is 0 Å². The average molecular weight is 229 g/mol. The third-order valence-corrected chi connectivity index (χ3v) is 2.34. The number of nitrogens with zero attached hydrogens (tertiary/aromatic N) is 2. The van der Waals surface area contributed by atoms with Gasteiger partial charge in [0.1, 0.15) is 0 Å². The van der Waals surface area contributed by atoms with Crippen molar-refractivity contribution in [3.8, 4) is 0 Å². The first-order chi connectivity index (χ1) is 7.26. The summed E-state index contributed by atoms with van der Waals surface area (Å²) in [5.41, 5.74) is 5.65. The molecule has 1 aromatic heterocycles. The number of hydrogen-bond acceptors (Lipinski definition) is 4. The lowest BCUT2D eigenvalue weighted by atomic mass is 10.1. The molecule has 0 aromatic carbocycles. The van der Waals surface area contributed by atoms with E-state index in [-0.39, 0.29) is 6.04 Å². The van der Waals surface area contributed by atoms with Crippen LogP contribution in [-0.4, -0.2) is 22.6 Å². The van der Waals surface area contributed by atoms with Gasteiger partial charge in [0.15, 0.2) is 0 Å². The molecule has 0 saturated heterocycles. The molecule has 0 fully saturated rings. The molecule has 0 bridgehead atoms. The van der Waals surface area contributed by atoms with Gasteiger partial charge in [-0.25, -0.2) is 9.97 Å². The van der Waals surface area contributed by atoms with Crippen molar-refractivity contribution in [3.63, 3.8) is 0 Å². The highest BCUT2D eigenvalue weighted by atomic mass is 35.5. The summed E-state index contributed by atoms with van der Waals surface area (Å²) in [6.45, 7) is 2.75. The molecule has 0 aliphatic carbocycles. The summed E-state index contributed by atoms with van der Waals surface area (Å²) in [7, 11) is 0. The van der Waals surface area contributed by atoms with E-state index in [0.717, 1.165) is 12.8 Å². The van der Waals surface area contributed by atoms with E-state index >= 15 is 0 Å². The van der Waals surface area contributed by atoms with Crippen LogP contribution in [0.5, 0.6) is 0 Å². The smallest absolute Gasteiger partial charge is 0.222 e. The molecule has 0 radical (unpaired) electrons. The molecule has 3 N–H and O–H groups in total.